The summed E-state index contributed by atoms with van der Waals surface area (Å²) in [4.78, 5) is 0. The maximum absolute atomic E-state index is 9.72. The summed E-state index contributed by atoms with van der Waals surface area (Å²) >= 11 is 0. The molecule has 32 heavy (non-hydrogen) atoms. The van der Waals surface area contributed by atoms with Gasteiger partial charge in [0, 0.05) is 0 Å². The van der Waals surface area contributed by atoms with E-state index in [2.05, 4.69) is 0 Å². The van der Waals surface area contributed by atoms with Gasteiger partial charge in [-0.3, -0.25) is 0 Å². The van der Waals surface area contributed by atoms with Crippen LogP contribution in [-0.2, 0) is 95.4 Å². The van der Waals surface area contributed by atoms with Gasteiger partial charge in [0.1, 0.15) is 0 Å². The molecular weight excluding hydrogens is 656 g/mol. The monoisotopic (exact) mass is 668 g/mol. The van der Waals surface area contributed by atoms with E-state index in [1.807, 2.05) is 0 Å². The summed E-state index contributed by atoms with van der Waals surface area (Å²) in [5.41, 5.74) is 0. The third kappa shape index (κ3) is 57.4. The van der Waals surface area contributed by atoms with Crippen molar-refractivity contribution in [3.8, 4) is 0 Å². The minimum atomic E-state index is -4.59. The van der Waals surface area contributed by atoms with Crippen molar-refractivity contribution in [2.45, 2.75) is 0 Å². The molecule has 0 aromatic heterocycles. The maximum atomic E-state index is 9.72. The fraction of sp³-hybridized carbons (Fsp3) is 1.00. The molecule has 0 aliphatic carbocycles. The first-order valence-electron chi connectivity index (χ1n) is 6.23. The first-order valence-corrected chi connectivity index (χ1v) is 15.7. The van der Waals surface area contributed by atoms with Crippen molar-refractivity contribution in [1.29, 1.82) is 0 Å². The van der Waals surface area contributed by atoms with Gasteiger partial charge in [-0.05, 0) is 0 Å². The molecule has 0 amide bonds. The summed E-state index contributed by atoms with van der Waals surface area (Å²) in [6.07, 6.45) is 0. The average molecular weight is 669 g/mol. The Morgan fingerprint density at radius 2 is 0.344 bits per heavy atom. The van der Waals surface area contributed by atoms with Crippen LogP contribution in [0.25, 0.3) is 0 Å². The second-order valence-corrected chi connectivity index (χ2v) is 13.7. The smallest absolute Gasteiger partial charge is 0.748 e. The van der Waals surface area contributed by atoms with Crippen molar-refractivity contribution in [2.24, 2.45) is 0 Å². The van der Waals surface area contributed by atoms with E-state index in [-0.39, 0.29) is 34.7 Å². The van der Waals surface area contributed by atoms with Crippen LogP contribution in [0.3, 0.4) is 0 Å². The zero-order valence-electron chi connectivity index (χ0n) is 14.9. The van der Waals surface area contributed by atoms with Crippen LogP contribution in [0.1, 0.15) is 0 Å². The van der Waals surface area contributed by atoms with Crippen LogP contribution in [0.4, 0.5) is 0 Å². The van der Waals surface area contributed by atoms with E-state index in [1.165, 1.54) is 0 Å². The van der Waals surface area contributed by atoms with E-state index in [1.54, 1.807) is 0 Å². The van der Waals surface area contributed by atoms with Gasteiger partial charge in [0.15, 0.2) is 0 Å². The van der Waals surface area contributed by atoms with Crippen LogP contribution in [0.2, 0.25) is 0 Å². The Hall–Kier alpha value is 0.525. The van der Waals surface area contributed by atoms with Crippen LogP contribution in [-0.4, -0.2) is 112 Å². The molecule has 0 saturated carbocycles. The SMILES string of the molecule is O=S(=O)([O-])CCS(=O)(=O)[O-].O=S(=O)([O-])CCS(=O)(=O)[O-].O=S(=O)([O-])CCS(=O)(=O)[O-].[Cr+3].[Cr+3]. The zero-order valence-corrected chi connectivity index (χ0v) is 22.3. The molecule has 0 bridgehead atoms. The van der Waals surface area contributed by atoms with Gasteiger partial charge in [-0.25, -0.2) is 50.5 Å². The molecule has 0 aliphatic heterocycles. The Kier molecular flexibility index (Phi) is 21.7. The molecular formula is C6H12Cr2O18S6. The summed E-state index contributed by atoms with van der Waals surface area (Å²) in [5, 5.41) is 0. The molecule has 0 aliphatic rings. The summed E-state index contributed by atoms with van der Waals surface area (Å²) < 4.78 is 175. The minimum Gasteiger partial charge on any atom is -0.748 e. The first-order chi connectivity index (χ1) is 12.6. The predicted octanol–water partition coefficient (Wildman–Crippen LogP) is -5.77. The Morgan fingerprint density at radius 3 is 0.375 bits per heavy atom. The van der Waals surface area contributed by atoms with Crippen LogP contribution in [0.5, 0.6) is 0 Å². The quantitative estimate of drug-likeness (QED) is 0.206. The molecule has 18 nitrogen and oxygen atoms in total. The zero-order chi connectivity index (χ0) is 25.2. The second-order valence-electron chi connectivity index (χ2n) is 4.57. The fourth-order valence-electron chi connectivity index (χ4n) is 0.612. The largest absolute Gasteiger partial charge is 3.00 e. The molecule has 0 spiro atoms. The molecule has 2 radical (unpaired) electrons. The van der Waals surface area contributed by atoms with Crippen molar-refractivity contribution in [3.05, 3.63) is 0 Å². The van der Waals surface area contributed by atoms with Crippen LogP contribution < -0.4 is 0 Å². The minimum absolute atomic E-state index is 0. The van der Waals surface area contributed by atoms with Crippen molar-refractivity contribution in [2.75, 3.05) is 34.5 Å². The molecule has 0 N–H and O–H groups in total. The fourth-order valence-corrected chi connectivity index (χ4v) is 5.51. The Bertz CT molecular complexity index is 912. The molecule has 0 fully saturated rings. The van der Waals surface area contributed by atoms with E-state index in [9.17, 15) is 77.8 Å². The van der Waals surface area contributed by atoms with Gasteiger partial charge < -0.3 is 27.3 Å². The van der Waals surface area contributed by atoms with Gasteiger partial charge in [-0.1, -0.05) is 0 Å². The Labute approximate surface area is 206 Å². The number of hydrogen-bond acceptors (Lipinski definition) is 18. The predicted molar refractivity (Wildman–Crippen MR) is 87.4 cm³/mol. The molecule has 0 rings (SSSR count). The third-order valence-electron chi connectivity index (χ3n) is 1.75. The Morgan fingerprint density at radius 1 is 0.281 bits per heavy atom. The third-order valence-corrected chi connectivity index (χ3v) is 6.75. The molecule has 0 aromatic carbocycles. The van der Waals surface area contributed by atoms with E-state index in [4.69, 9.17) is 0 Å². The van der Waals surface area contributed by atoms with Gasteiger partial charge in [0.05, 0.1) is 95.2 Å². The second kappa shape index (κ2) is 16.2. The van der Waals surface area contributed by atoms with Crippen LogP contribution >= 0.6 is 0 Å². The van der Waals surface area contributed by atoms with Gasteiger partial charge >= 0.3 is 34.7 Å². The van der Waals surface area contributed by atoms with Crippen LogP contribution in [0.15, 0.2) is 0 Å². The molecule has 192 valence electrons. The van der Waals surface area contributed by atoms with Gasteiger partial charge in [-0.15, -0.1) is 0 Å². The molecule has 0 atom stereocenters. The molecule has 0 aromatic rings. The van der Waals surface area contributed by atoms with Crippen molar-refractivity contribution < 1.29 is 113 Å². The van der Waals surface area contributed by atoms with Crippen molar-refractivity contribution >= 4 is 60.7 Å². The molecule has 0 saturated heterocycles. The standard InChI is InChI=1S/3C2H6O6S2.2Cr/c3*3-9(4,5)1-2-10(6,7)8;;/h3*1-2H2,(H,3,4,5)(H,6,7,8);;/q;;;2*+3/p-6. The van der Waals surface area contributed by atoms with Crippen molar-refractivity contribution in [1.82, 2.24) is 0 Å². The summed E-state index contributed by atoms with van der Waals surface area (Å²) in [6, 6.07) is 0. The molecule has 26 heteroatoms. The maximum Gasteiger partial charge on any atom is 3.00 e. The molecule has 0 heterocycles. The van der Waals surface area contributed by atoms with E-state index in [0.717, 1.165) is 0 Å². The van der Waals surface area contributed by atoms with Gasteiger partial charge in [0.2, 0.25) is 0 Å². The Balaban J connectivity index is -0.000000110. The van der Waals surface area contributed by atoms with Gasteiger partial charge in [0.25, 0.3) is 0 Å². The average Bonchev–Trinajstić information content (AvgIpc) is 2.38. The van der Waals surface area contributed by atoms with E-state index < -0.39 is 95.2 Å². The van der Waals surface area contributed by atoms with E-state index in [0.29, 0.717) is 0 Å². The normalized spacial score (nSPS) is 12.6. The summed E-state index contributed by atoms with van der Waals surface area (Å²) in [7, 11) is -27.5. The van der Waals surface area contributed by atoms with E-state index >= 15 is 0 Å². The topological polar surface area (TPSA) is 343 Å². The number of hydrogen-bond donors (Lipinski definition) is 0. The first kappa shape index (κ1) is 42.7. The molecule has 0 unspecified atom stereocenters. The summed E-state index contributed by atoms with van der Waals surface area (Å²) in [6.45, 7) is 0. The number of rotatable bonds is 9. The van der Waals surface area contributed by atoms with Crippen molar-refractivity contribution in [3.63, 3.8) is 0 Å². The van der Waals surface area contributed by atoms with Gasteiger partial charge in [-0.2, -0.15) is 0 Å². The van der Waals surface area contributed by atoms with Crippen LogP contribution in [0, 0.1) is 0 Å². The summed E-state index contributed by atoms with van der Waals surface area (Å²) in [5.74, 6) is -6.92.